The van der Waals surface area contributed by atoms with Crippen LogP contribution in [0, 0.1) is 18.6 Å². The summed E-state index contributed by atoms with van der Waals surface area (Å²) in [5.41, 5.74) is 20.7. The zero-order chi connectivity index (χ0) is 89.0. The van der Waals surface area contributed by atoms with Crippen molar-refractivity contribution < 1.29 is 61.6 Å². The highest BCUT2D eigenvalue weighted by Gasteiger charge is 2.42. The fourth-order valence-corrected chi connectivity index (χ4v) is 19.4. The van der Waals surface area contributed by atoms with Gasteiger partial charge >= 0.3 is 24.4 Å². The van der Waals surface area contributed by atoms with Crippen molar-refractivity contribution in [2.45, 2.75) is 90.0 Å². The number of aryl methyl sites for hydroxylation is 1. The van der Waals surface area contributed by atoms with Crippen molar-refractivity contribution in [3.63, 3.8) is 0 Å². The highest BCUT2D eigenvalue weighted by Crippen LogP contribution is 2.47. The molecule has 5 atom stereocenters. The number of nitrogens with zero attached hydrogens (tertiary/aromatic N) is 5. The minimum atomic E-state index is -0.566. The summed E-state index contributed by atoms with van der Waals surface area (Å²) in [7, 11) is 4.63. The predicted molar refractivity (Wildman–Crippen MR) is 496 cm³/mol. The Bertz CT molecular complexity index is 6610. The highest BCUT2D eigenvalue weighted by molar-refractivity contribution is 9.10. The first-order chi connectivity index (χ1) is 61.6. The fraction of sp³-hybridized carbons (Fsp3) is 0.253. The summed E-state index contributed by atoms with van der Waals surface area (Å²) in [5, 5.41) is 20.1. The van der Waals surface area contributed by atoms with E-state index < -0.39 is 24.3 Å². The molecule has 5 unspecified atom stereocenters. The molecule has 20 rings (SSSR count). The van der Waals surface area contributed by atoms with Gasteiger partial charge in [-0.05, 0) is 232 Å². The maximum atomic E-state index is 14.6. The van der Waals surface area contributed by atoms with Crippen LogP contribution < -0.4 is 9.47 Å². The lowest BCUT2D eigenvalue weighted by molar-refractivity contribution is -0.122. The lowest BCUT2D eigenvalue weighted by atomic mass is 9.92. The second kappa shape index (κ2) is 38.7. The maximum Gasteiger partial charge on any atom is 0.410 e. The summed E-state index contributed by atoms with van der Waals surface area (Å²) in [5.74, 6) is 0.861. The number of hydrogen-bond acceptors (Lipinski definition) is 12. The molecule has 5 aromatic heterocycles. The highest BCUT2D eigenvalue weighted by atomic mass is 79.9. The summed E-state index contributed by atoms with van der Waals surface area (Å²) in [6.45, 7) is 11.2. The topological polar surface area (TPSA) is 239 Å². The van der Waals surface area contributed by atoms with E-state index >= 15 is 0 Å². The minimum Gasteiger partial charge on any atom is -0.497 e. The van der Waals surface area contributed by atoms with Crippen LogP contribution in [0.1, 0.15) is 141 Å². The number of fused-ring (bicyclic) bond motifs is 15. The summed E-state index contributed by atoms with van der Waals surface area (Å²) < 4.78 is 61.6. The van der Waals surface area contributed by atoms with Crippen LogP contribution in [0.5, 0.6) is 11.5 Å². The Morgan fingerprint density at radius 2 is 0.724 bits per heavy atom. The van der Waals surface area contributed by atoms with Crippen LogP contribution in [0.3, 0.4) is 0 Å². The standard InChI is InChI=1S/C21H21ClN2O3.C21H21ClN2O2.C20H18ClFN2O2.C19H16ClFN2O2.C18H17BrN2O2/c1-3-27-21(25)24-10-9-16-17-12-14(22)7-8-18(17)23-19(16)20(24)13-5-4-6-15(11-13)26-2;1-3-26-21(25)24-10-9-16-17-12-15(22)7-8-18(17)23-19(16)20(24)14-6-4-5-13(2)11-14;1-2-26-20(25)24-10-9-13-15-11-12(21)7-8-17(15)23-18(13)19(24)14-5-3-4-6-16(14)22;1-25-19(24)23-9-8-12-14-10-11(20)6-7-16(14)22-17(12)18(23)13-4-2-3-5-15(13)21;1-23-13-5-2-11(3-6-13)18-17-14(8-9-21(18)22)15-10-12(19)4-7-16(15)20-17/h4-8,11-12,20,23H,3,9-10H2,1-2H3;4-8,11-12,20,23H,3,9-10H2,1-2H3;3-8,11,19,23H,2,9-10H2,1H3;2-7,10,18,22H,8-9H2,1H3;2-7,10,18,20,22H,8-9H2,1H3. The monoisotopic (exact) mass is 1850 g/mol. The molecule has 127 heavy (non-hydrogen) atoms. The molecule has 0 fully saturated rings. The largest absolute Gasteiger partial charge is 0.497 e. The number of methoxy groups -OCH3 is 3. The molecular formula is C99H93BrCl4F2N10O11. The van der Waals surface area contributed by atoms with Gasteiger partial charge in [0.05, 0.1) is 41.2 Å². The lowest BCUT2D eigenvalue weighted by Gasteiger charge is -2.35. The van der Waals surface area contributed by atoms with E-state index in [1.807, 2.05) is 152 Å². The first-order valence-electron chi connectivity index (χ1n) is 42.0. The Labute approximate surface area is 760 Å². The molecule has 28 heteroatoms. The molecule has 654 valence electrons. The SMILES string of the molecule is CCOC(=O)N1CCc2c([nH]c3ccc(Cl)cc23)C1c1cccc(C)c1.CCOC(=O)N1CCc2c([nH]c3ccc(Cl)cc23)C1c1cccc(OC)c1.CCOC(=O)N1CCc2c([nH]c3ccc(Cl)cc23)C1c1ccccc1F.COC(=O)N1CCc2c([nH]c3ccc(Cl)cc23)C1c1ccccc1F.COc1ccc(C2c3[nH]c4ccc(Br)cc4c3CCN2O)cc1. The third-order valence-electron chi connectivity index (χ3n) is 23.9. The van der Waals surface area contributed by atoms with E-state index in [1.54, 1.807) is 72.2 Å². The van der Waals surface area contributed by atoms with Gasteiger partial charge in [0.2, 0.25) is 0 Å². The van der Waals surface area contributed by atoms with Gasteiger partial charge in [-0.3, -0.25) is 19.6 Å². The van der Waals surface area contributed by atoms with Crippen molar-refractivity contribution in [2.24, 2.45) is 0 Å². The predicted octanol–water partition coefficient (Wildman–Crippen LogP) is 24.2. The number of carbonyl (C=O) groups excluding carboxylic acids is 4. The third-order valence-corrected chi connectivity index (χ3v) is 25.4. The summed E-state index contributed by atoms with van der Waals surface area (Å²) in [6, 6.07) is 64.4. The number of carbonyl (C=O) groups is 4. The molecular weight excluding hydrogens is 1760 g/mol. The molecule has 5 aliphatic heterocycles. The number of aromatic amines is 5. The van der Waals surface area contributed by atoms with Gasteiger partial charge in [0.15, 0.2) is 0 Å². The molecule has 0 saturated carbocycles. The van der Waals surface area contributed by atoms with Gasteiger partial charge in [-0.2, -0.15) is 5.06 Å². The van der Waals surface area contributed by atoms with Crippen LogP contribution >= 0.6 is 62.3 Å². The summed E-state index contributed by atoms with van der Waals surface area (Å²) >= 11 is 28.3. The molecule has 15 aromatic rings. The number of ether oxygens (including phenoxy) is 6. The molecule has 0 spiro atoms. The molecule has 10 heterocycles. The van der Waals surface area contributed by atoms with Gasteiger partial charge in [-0.25, -0.2) is 28.0 Å². The van der Waals surface area contributed by atoms with Gasteiger partial charge in [-0.1, -0.05) is 153 Å². The lowest BCUT2D eigenvalue weighted by Crippen LogP contribution is -2.41. The van der Waals surface area contributed by atoms with E-state index in [0.717, 1.165) is 151 Å². The van der Waals surface area contributed by atoms with Crippen molar-refractivity contribution in [2.75, 3.05) is 73.9 Å². The molecule has 4 amide bonds. The van der Waals surface area contributed by atoms with E-state index in [2.05, 4.69) is 78.1 Å². The number of amides is 4. The second-order valence-corrected chi connectivity index (χ2v) is 34.0. The van der Waals surface area contributed by atoms with Crippen LogP contribution in [-0.2, 0) is 51.1 Å². The Morgan fingerprint density at radius 1 is 0.378 bits per heavy atom. The van der Waals surface area contributed by atoms with Crippen LogP contribution in [0.4, 0.5) is 28.0 Å². The minimum absolute atomic E-state index is 0.184. The first-order valence-corrected chi connectivity index (χ1v) is 44.3. The van der Waals surface area contributed by atoms with Crippen molar-refractivity contribution >= 4 is 141 Å². The van der Waals surface area contributed by atoms with E-state index in [-0.39, 0.29) is 48.6 Å². The first kappa shape index (κ1) is 88.4. The number of H-pyrrole nitrogens is 5. The van der Waals surface area contributed by atoms with Crippen LogP contribution in [-0.4, -0.2) is 153 Å². The fourth-order valence-electron chi connectivity index (χ4n) is 18.3. The Morgan fingerprint density at radius 3 is 1.11 bits per heavy atom. The van der Waals surface area contributed by atoms with Gasteiger partial charge in [-0.15, -0.1) is 0 Å². The average Bonchev–Trinajstić information content (AvgIpc) is 1.70. The molecule has 0 bridgehead atoms. The quantitative estimate of drug-likeness (QED) is 0.0701. The summed E-state index contributed by atoms with van der Waals surface area (Å²) in [6.07, 6.45) is 2.14. The van der Waals surface area contributed by atoms with E-state index in [9.17, 15) is 33.2 Å². The zero-order valence-corrected chi connectivity index (χ0v) is 75.3. The summed E-state index contributed by atoms with van der Waals surface area (Å²) in [4.78, 5) is 74.1. The van der Waals surface area contributed by atoms with Crippen molar-refractivity contribution in [1.29, 1.82) is 0 Å². The van der Waals surface area contributed by atoms with Crippen molar-refractivity contribution in [3.05, 3.63) is 338 Å². The normalized spacial score (nSPS) is 16.8. The Hall–Kier alpha value is -12.0. The van der Waals surface area contributed by atoms with Crippen molar-refractivity contribution in [1.82, 2.24) is 49.6 Å². The number of hydrogen-bond donors (Lipinski definition) is 6. The van der Waals surface area contributed by atoms with Crippen LogP contribution in [0.15, 0.2) is 217 Å². The van der Waals surface area contributed by atoms with Gasteiger partial charge in [0.25, 0.3) is 0 Å². The second-order valence-electron chi connectivity index (χ2n) is 31.3. The van der Waals surface area contributed by atoms with Crippen LogP contribution in [0.25, 0.3) is 54.5 Å². The average molecular weight is 1860 g/mol. The molecule has 5 aliphatic rings. The molecule has 0 radical (unpaired) electrons. The molecule has 6 N–H and O–H groups in total. The third kappa shape index (κ3) is 18.1. The van der Waals surface area contributed by atoms with E-state index in [1.165, 1.54) is 46.4 Å². The van der Waals surface area contributed by atoms with Gasteiger partial charge < -0.3 is 58.5 Å². The number of halogens is 7. The van der Waals surface area contributed by atoms with Crippen LogP contribution in [0.2, 0.25) is 20.1 Å². The molecule has 0 aliphatic carbocycles. The van der Waals surface area contributed by atoms with E-state index in [4.69, 9.17) is 74.8 Å². The molecule has 21 nitrogen and oxygen atoms in total. The van der Waals surface area contributed by atoms with Crippen molar-refractivity contribution in [3.8, 4) is 11.5 Å². The Kier molecular flexibility index (Phi) is 26.9. The number of hydroxylamine groups is 2. The number of aromatic nitrogens is 5. The maximum absolute atomic E-state index is 14.6. The number of nitrogens with one attached hydrogen (secondary N) is 5. The van der Waals surface area contributed by atoms with Gasteiger partial charge in [0, 0.05) is 151 Å². The molecule has 0 saturated heterocycles. The molecule has 10 aromatic carbocycles. The number of rotatable bonds is 10. The smallest absolute Gasteiger partial charge is 0.410 e. The van der Waals surface area contributed by atoms with Gasteiger partial charge in [0.1, 0.15) is 53.3 Å². The zero-order valence-electron chi connectivity index (χ0n) is 70.7. The van der Waals surface area contributed by atoms with E-state index in [0.29, 0.717) is 85.0 Å². The Balaban J connectivity index is 0.000000117. The number of benzene rings is 10.